The summed E-state index contributed by atoms with van der Waals surface area (Å²) in [6.07, 6.45) is 1.98. The second-order valence-corrected chi connectivity index (χ2v) is 5.62. The number of nitrogens with two attached hydrogens (primary N) is 1. The molecule has 1 unspecified atom stereocenters. The van der Waals surface area contributed by atoms with E-state index >= 15 is 0 Å². The normalized spacial score (nSPS) is 12.1. The van der Waals surface area contributed by atoms with E-state index in [-0.39, 0.29) is 18.4 Å². The van der Waals surface area contributed by atoms with Crippen molar-refractivity contribution in [1.29, 1.82) is 0 Å². The first-order chi connectivity index (χ1) is 11.7. The van der Waals surface area contributed by atoms with Gasteiger partial charge in [0.15, 0.2) is 0 Å². The second kappa shape index (κ2) is 7.23. The molecule has 0 bridgehead atoms. The molecule has 0 saturated heterocycles. The molecule has 0 aliphatic rings. The van der Waals surface area contributed by atoms with E-state index in [0.717, 1.165) is 27.6 Å². The molecule has 122 valence electrons. The van der Waals surface area contributed by atoms with Crippen molar-refractivity contribution in [1.82, 2.24) is 4.98 Å². The number of esters is 1. The highest BCUT2D eigenvalue weighted by atomic mass is 16.5. The summed E-state index contributed by atoms with van der Waals surface area (Å²) in [6.45, 7) is 2.16. The van der Waals surface area contributed by atoms with Crippen LogP contribution in [0.3, 0.4) is 0 Å². The number of benzene rings is 2. The Hall–Kier alpha value is -2.72. The van der Waals surface area contributed by atoms with Crippen LogP contribution < -0.4 is 5.73 Å². The zero-order valence-corrected chi connectivity index (χ0v) is 13.6. The zero-order valence-electron chi connectivity index (χ0n) is 13.6. The van der Waals surface area contributed by atoms with Crippen LogP contribution in [-0.4, -0.2) is 17.6 Å². The van der Waals surface area contributed by atoms with E-state index in [4.69, 9.17) is 10.5 Å². The van der Waals surface area contributed by atoms with Crippen molar-refractivity contribution in [2.75, 3.05) is 6.61 Å². The van der Waals surface area contributed by atoms with Crippen molar-refractivity contribution in [2.45, 2.75) is 19.4 Å². The van der Waals surface area contributed by atoms with Gasteiger partial charge in [-0.2, -0.15) is 0 Å². The maximum absolute atomic E-state index is 11.6. The van der Waals surface area contributed by atoms with Gasteiger partial charge in [0.1, 0.15) is 0 Å². The van der Waals surface area contributed by atoms with Gasteiger partial charge >= 0.3 is 5.97 Å². The topological polar surface area (TPSA) is 65.2 Å². The Morgan fingerprint density at radius 3 is 2.62 bits per heavy atom. The van der Waals surface area contributed by atoms with Crippen LogP contribution in [0.25, 0.3) is 22.0 Å². The quantitative estimate of drug-likeness (QED) is 0.725. The summed E-state index contributed by atoms with van der Waals surface area (Å²) >= 11 is 0. The molecule has 0 spiro atoms. The first-order valence-electron chi connectivity index (χ1n) is 8.04. The molecule has 3 rings (SSSR count). The van der Waals surface area contributed by atoms with E-state index in [1.54, 1.807) is 13.1 Å². The van der Waals surface area contributed by atoms with Gasteiger partial charge in [-0.05, 0) is 24.1 Å². The fourth-order valence-electron chi connectivity index (χ4n) is 2.76. The van der Waals surface area contributed by atoms with Gasteiger partial charge in [0.05, 0.1) is 18.5 Å². The van der Waals surface area contributed by atoms with Crippen LogP contribution in [0.1, 0.15) is 24.9 Å². The molecule has 1 aromatic heterocycles. The molecular weight excluding hydrogens is 300 g/mol. The molecule has 1 heterocycles. The van der Waals surface area contributed by atoms with Gasteiger partial charge in [0.2, 0.25) is 0 Å². The molecular formula is C20H20N2O2. The van der Waals surface area contributed by atoms with Crippen molar-refractivity contribution in [3.63, 3.8) is 0 Å². The summed E-state index contributed by atoms with van der Waals surface area (Å²) in [4.78, 5) is 16.0. The summed E-state index contributed by atoms with van der Waals surface area (Å²) < 4.78 is 4.95. The Morgan fingerprint density at radius 1 is 1.12 bits per heavy atom. The Balaban J connectivity index is 1.85. The lowest BCUT2D eigenvalue weighted by atomic mass is 9.98. The monoisotopic (exact) mass is 320 g/mol. The van der Waals surface area contributed by atoms with Crippen LogP contribution in [-0.2, 0) is 9.53 Å². The number of pyridine rings is 1. The Kier molecular flexibility index (Phi) is 4.87. The fraction of sp³-hybridized carbons (Fsp3) is 0.200. The van der Waals surface area contributed by atoms with Crippen LogP contribution in [0, 0.1) is 0 Å². The first-order valence-corrected chi connectivity index (χ1v) is 8.04. The number of fused-ring (bicyclic) bond motifs is 1. The first kappa shape index (κ1) is 16.1. The van der Waals surface area contributed by atoms with Gasteiger partial charge in [-0.3, -0.25) is 9.78 Å². The zero-order chi connectivity index (χ0) is 16.9. The van der Waals surface area contributed by atoms with Crippen molar-refractivity contribution in [3.05, 3.63) is 66.4 Å². The molecule has 24 heavy (non-hydrogen) atoms. The molecule has 0 aliphatic carbocycles. The molecule has 2 aromatic carbocycles. The molecule has 4 heteroatoms. The largest absolute Gasteiger partial charge is 0.466 e. The number of carbonyl (C=O) groups excluding carboxylic acids is 1. The predicted molar refractivity (Wildman–Crippen MR) is 95.4 cm³/mol. The van der Waals surface area contributed by atoms with Crippen LogP contribution in [0.2, 0.25) is 0 Å². The van der Waals surface area contributed by atoms with Gasteiger partial charge < -0.3 is 10.5 Å². The Morgan fingerprint density at radius 2 is 1.88 bits per heavy atom. The molecule has 2 N–H and O–H groups in total. The average molecular weight is 320 g/mol. The fourth-order valence-corrected chi connectivity index (χ4v) is 2.76. The van der Waals surface area contributed by atoms with Crippen LogP contribution in [0.15, 0.2) is 60.8 Å². The third-order valence-corrected chi connectivity index (χ3v) is 3.97. The average Bonchev–Trinajstić information content (AvgIpc) is 2.61. The Labute approximate surface area is 141 Å². The number of aromatic nitrogens is 1. The molecule has 1 atom stereocenters. The summed E-state index contributed by atoms with van der Waals surface area (Å²) in [6, 6.07) is 17.7. The van der Waals surface area contributed by atoms with Gasteiger partial charge in [-0.15, -0.1) is 0 Å². The van der Waals surface area contributed by atoms with Crippen molar-refractivity contribution in [2.24, 2.45) is 5.73 Å². The van der Waals surface area contributed by atoms with Gasteiger partial charge in [-0.1, -0.05) is 48.5 Å². The van der Waals surface area contributed by atoms with Gasteiger partial charge in [0.25, 0.3) is 0 Å². The summed E-state index contributed by atoms with van der Waals surface area (Å²) in [5.41, 5.74) is 10.1. The number of rotatable bonds is 5. The number of nitrogens with zero attached hydrogens (tertiary/aromatic N) is 1. The molecule has 3 aromatic rings. The van der Waals surface area contributed by atoms with Crippen LogP contribution in [0.5, 0.6) is 0 Å². The van der Waals surface area contributed by atoms with E-state index < -0.39 is 0 Å². The van der Waals surface area contributed by atoms with E-state index in [9.17, 15) is 4.79 Å². The van der Waals surface area contributed by atoms with E-state index in [1.807, 2.05) is 36.4 Å². The lowest BCUT2D eigenvalue weighted by Gasteiger charge is -2.12. The molecule has 0 radical (unpaired) electrons. The second-order valence-electron chi connectivity index (χ2n) is 5.62. The summed E-state index contributed by atoms with van der Waals surface area (Å²) in [5, 5.41) is 1.11. The molecule has 0 fully saturated rings. The summed E-state index contributed by atoms with van der Waals surface area (Å²) in [5.74, 6) is -0.271. The maximum Gasteiger partial charge on any atom is 0.307 e. The molecule has 0 saturated carbocycles. The van der Waals surface area contributed by atoms with Gasteiger partial charge in [-0.25, -0.2) is 0 Å². The minimum Gasteiger partial charge on any atom is -0.466 e. The molecule has 4 nitrogen and oxygen atoms in total. The van der Waals surface area contributed by atoms with Crippen molar-refractivity contribution < 1.29 is 9.53 Å². The highest BCUT2D eigenvalue weighted by Crippen LogP contribution is 2.28. The maximum atomic E-state index is 11.6. The Bertz CT molecular complexity index is 838. The van der Waals surface area contributed by atoms with Crippen LogP contribution in [0.4, 0.5) is 0 Å². The van der Waals surface area contributed by atoms with Crippen molar-refractivity contribution in [3.8, 4) is 11.1 Å². The summed E-state index contributed by atoms with van der Waals surface area (Å²) in [7, 11) is 0. The molecule has 0 aliphatic heterocycles. The van der Waals surface area contributed by atoms with E-state index in [1.165, 1.54) is 0 Å². The SMILES string of the molecule is CCOC(=O)CC(N)c1ccc(-c2cccc3cccnc23)cc1. The van der Waals surface area contributed by atoms with E-state index in [0.29, 0.717) is 6.61 Å². The number of hydrogen-bond donors (Lipinski definition) is 1. The number of para-hydroxylation sites is 1. The minimum absolute atomic E-state index is 0.184. The van der Waals surface area contributed by atoms with E-state index in [2.05, 4.69) is 23.2 Å². The van der Waals surface area contributed by atoms with Crippen molar-refractivity contribution >= 4 is 16.9 Å². The number of carbonyl (C=O) groups is 1. The minimum atomic E-state index is -0.358. The standard InChI is InChI=1S/C20H20N2O2/c1-2-24-19(23)13-18(21)15-10-8-14(9-11-15)17-7-3-5-16-6-4-12-22-20(16)17/h3-12,18H,2,13,21H2,1H3. The molecule has 0 amide bonds. The highest BCUT2D eigenvalue weighted by Gasteiger charge is 2.13. The lowest BCUT2D eigenvalue weighted by Crippen LogP contribution is -2.17. The smallest absolute Gasteiger partial charge is 0.307 e. The third kappa shape index (κ3) is 3.44. The lowest BCUT2D eigenvalue weighted by molar-refractivity contribution is -0.143. The van der Waals surface area contributed by atoms with Crippen LogP contribution >= 0.6 is 0 Å². The predicted octanol–water partition coefficient (Wildman–Crippen LogP) is 3.85. The van der Waals surface area contributed by atoms with Gasteiger partial charge in [0, 0.05) is 23.2 Å². The highest BCUT2D eigenvalue weighted by molar-refractivity contribution is 5.93. The number of hydrogen-bond acceptors (Lipinski definition) is 4. The third-order valence-electron chi connectivity index (χ3n) is 3.97. The number of ether oxygens (including phenoxy) is 1.